The minimum atomic E-state index is -0.981. The number of aliphatic hydroxyl groups excluding tert-OH is 2. The van der Waals surface area contributed by atoms with Gasteiger partial charge in [-0.2, -0.15) is 0 Å². The van der Waals surface area contributed by atoms with Gasteiger partial charge in [-0.15, -0.1) is 0 Å². The number of para-hydroxylation sites is 1. The molecule has 3 N–H and O–H groups in total. The van der Waals surface area contributed by atoms with Crippen LogP contribution < -0.4 is 4.74 Å². The van der Waals surface area contributed by atoms with Crippen molar-refractivity contribution < 1.29 is 24.9 Å². The second kappa shape index (κ2) is 12.2. The monoisotopic (exact) mass is 282 g/mol. The van der Waals surface area contributed by atoms with Crippen LogP contribution in [-0.4, -0.2) is 34.2 Å². The molecule has 20 heavy (non-hydrogen) atoms. The summed E-state index contributed by atoms with van der Waals surface area (Å²) in [7, 11) is 0. The maximum absolute atomic E-state index is 9.52. The van der Waals surface area contributed by atoms with Crippen molar-refractivity contribution in [2.75, 3.05) is 6.61 Å². The van der Waals surface area contributed by atoms with E-state index in [-0.39, 0.29) is 6.61 Å². The van der Waals surface area contributed by atoms with Gasteiger partial charge in [0.25, 0.3) is 0 Å². The number of hydrogen-bond donors (Lipinski definition) is 3. The fourth-order valence-corrected chi connectivity index (χ4v) is 1.32. The van der Waals surface area contributed by atoms with Crippen LogP contribution in [0, 0.1) is 0 Å². The van der Waals surface area contributed by atoms with Crippen LogP contribution in [0.1, 0.15) is 25.7 Å². The topological polar surface area (TPSA) is 87.0 Å². The first kappa shape index (κ1) is 18.1. The molecule has 0 aromatic heterocycles. The lowest BCUT2D eigenvalue weighted by Crippen LogP contribution is -2.15. The van der Waals surface area contributed by atoms with Crippen LogP contribution in [0.25, 0.3) is 0 Å². The Bertz CT molecular complexity index is 364. The zero-order valence-electron chi connectivity index (χ0n) is 11.4. The van der Waals surface area contributed by atoms with Gasteiger partial charge in [0.1, 0.15) is 5.75 Å². The summed E-state index contributed by atoms with van der Waals surface area (Å²) in [6.07, 6.45) is 3.28. The Balaban J connectivity index is 0.000000621. The highest BCUT2D eigenvalue weighted by molar-refractivity contribution is 5.78. The van der Waals surface area contributed by atoms with E-state index in [1.165, 1.54) is 0 Å². The lowest BCUT2D eigenvalue weighted by molar-refractivity contribution is -0.131. The number of carbonyl (C=O) groups is 1. The van der Waals surface area contributed by atoms with Crippen LogP contribution >= 0.6 is 0 Å². The lowest BCUT2D eigenvalue weighted by atomic mass is 10.2. The fraction of sp³-hybridized carbons (Fsp3) is 0.400. The van der Waals surface area contributed by atoms with Crippen molar-refractivity contribution in [2.45, 2.75) is 32.0 Å². The summed E-state index contributed by atoms with van der Waals surface area (Å²) in [4.78, 5) is 9.25. The van der Waals surface area contributed by atoms with E-state index < -0.39 is 12.3 Å². The predicted molar refractivity (Wildman–Crippen MR) is 76.5 cm³/mol. The molecule has 1 aromatic rings. The van der Waals surface area contributed by atoms with E-state index in [2.05, 4.69) is 6.58 Å². The first-order valence-electron chi connectivity index (χ1n) is 6.46. The van der Waals surface area contributed by atoms with E-state index in [1.54, 1.807) is 0 Å². The van der Waals surface area contributed by atoms with Crippen LogP contribution in [0.15, 0.2) is 43.0 Å². The van der Waals surface area contributed by atoms with Crippen LogP contribution in [-0.2, 0) is 4.79 Å². The van der Waals surface area contributed by atoms with Gasteiger partial charge in [-0.3, -0.25) is 0 Å². The van der Waals surface area contributed by atoms with E-state index >= 15 is 0 Å². The third-order valence-corrected chi connectivity index (χ3v) is 2.30. The van der Waals surface area contributed by atoms with E-state index in [9.17, 15) is 9.90 Å². The SMILES string of the molecule is C=CC(=O)O.OCCCCCC(O)Oc1ccccc1. The van der Waals surface area contributed by atoms with Crippen molar-refractivity contribution in [1.29, 1.82) is 0 Å². The Morgan fingerprint density at radius 3 is 2.35 bits per heavy atom. The summed E-state index contributed by atoms with van der Waals surface area (Å²) in [6.45, 7) is 3.18. The van der Waals surface area contributed by atoms with Crippen molar-refractivity contribution >= 4 is 5.97 Å². The zero-order valence-corrected chi connectivity index (χ0v) is 11.4. The van der Waals surface area contributed by atoms with Crippen LogP contribution in [0.5, 0.6) is 5.75 Å². The molecule has 0 aliphatic heterocycles. The summed E-state index contributed by atoms with van der Waals surface area (Å²) in [5.41, 5.74) is 0. The van der Waals surface area contributed by atoms with Gasteiger partial charge in [0, 0.05) is 19.1 Å². The van der Waals surface area contributed by atoms with Gasteiger partial charge in [0.15, 0.2) is 6.29 Å². The van der Waals surface area contributed by atoms with Crippen molar-refractivity contribution in [1.82, 2.24) is 0 Å². The fourth-order valence-electron chi connectivity index (χ4n) is 1.32. The number of ether oxygens (including phenoxy) is 1. The molecule has 1 atom stereocenters. The van der Waals surface area contributed by atoms with Gasteiger partial charge in [0.2, 0.25) is 0 Å². The van der Waals surface area contributed by atoms with Crippen LogP contribution in [0.2, 0.25) is 0 Å². The highest BCUT2D eigenvalue weighted by Crippen LogP contribution is 2.12. The summed E-state index contributed by atoms with van der Waals surface area (Å²) >= 11 is 0. The highest BCUT2D eigenvalue weighted by atomic mass is 16.6. The molecule has 0 bridgehead atoms. The molecule has 0 heterocycles. The van der Waals surface area contributed by atoms with Gasteiger partial charge in [-0.05, 0) is 25.0 Å². The van der Waals surface area contributed by atoms with Crippen LogP contribution in [0.3, 0.4) is 0 Å². The number of benzene rings is 1. The highest BCUT2D eigenvalue weighted by Gasteiger charge is 2.04. The Kier molecular flexibility index (Phi) is 11.1. The molecule has 1 rings (SSSR count). The molecule has 1 unspecified atom stereocenters. The van der Waals surface area contributed by atoms with E-state index in [4.69, 9.17) is 14.9 Å². The van der Waals surface area contributed by atoms with E-state index in [1.807, 2.05) is 30.3 Å². The molecular weight excluding hydrogens is 260 g/mol. The molecule has 5 nitrogen and oxygen atoms in total. The predicted octanol–water partition coefficient (Wildman–Crippen LogP) is 2.19. The third-order valence-electron chi connectivity index (χ3n) is 2.30. The summed E-state index contributed by atoms with van der Waals surface area (Å²) in [5.74, 6) is -0.294. The molecule has 0 aliphatic carbocycles. The molecule has 112 valence electrons. The second-order valence-corrected chi connectivity index (χ2v) is 4.00. The molecule has 0 radical (unpaired) electrons. The first-order chi connectivity index (χ1) is 9.60. The molecule has 0 saturated carbocycles. The number of carboxylic acid groups (broad SMARTS) is 1. The molecule has 1 aromatic carbocycles. The molecule has 5 heteroatoms. The largest absolute Gasteiger partial charge is 0.478 e. The van der Waals surface area contributed by atoms with Gasteiger partial charge in [-0.25, -0.2) is 4.79 Å². The average molecular weight is 282 g/mol. The maximum Gasteiger partial charge on any atom is 0.327 e. The standard InChI is InChI=1S/C12H18O3.C3H4O2/c13-10-6-2-5-9-12(14)15-11-7-3-1-4-8-11;1-2-3(4)5/h1,3-4,7-8,12-14H,2,5-6,9-10H2;2H,1H2,(H,4,5). The van der Waals surface area contributed by atoms with Gasteiger partial charge in [0.05, 0.1) is 0 Å². The quantitative estimate of drug-likeness (QED) is 0.386. The molecule has 0 aliphatic rings. The van der Waals surface area contributed by atoms with Crippen LogP contribution in [0.4, 0.5) is 0 Å². The van der Waals surface area contributed by atoms with E-state index in [0.717, 1.165) is 25.3 Å². The summed E-state index contributed by atoms with van der Waals surface area (Å²) in [5, 5.41) is 25.7. The Morgan fingerprint density at radius 1 is 1.25 bits per heavy atom. The summed E-state index contributed by atoms with van der Waals surface area (Å²) < 4.78 is 5.29. The smallest absolute Gasteiger partial charge is 0.327 e. The van der Waals surface area contributed by atoms with Crippen molar-refractivity contribution in [3.63, 3.8) is 0 Å². The maximum atomic E-state index is 9.52. The lowest BCUT2D eigenvalue weighted by Gasteiger charge is -2.12. The van der Waals surface area contributed by atoms with Gasteiger partial charge >= 0.3 is 5.97 Å². The minimum absolute atomic E-state index is 0.218. The molecule has 0 amide bonds. The number of aliphatic hydroxyl groups is 2. The number of unbranched alkanes of at least 4 members (excludes halogenated alkanes) is 2. The number of rotatable bonds is 8. The first-order valence-corrected chi connectivity index (χ1v) is 6.46. The average Bonchev–Trinajstić information content (AvgIpc) is 2.45. The van der Waals surface area contributed by atoms with Gasteiger partial charge in [-0.1, -0.05) is 31.2 Å². The third kappa shape index (κ3) is 11.3. The Hall–Kier alpha value is -1.85. The van der Waals surface area contributed by atoms with E-state index in [0.29, 0.717) is 12.2 Å². The molecule has 0 spiro atoms. The van der Waals surface area contributed by atoms with Crippen molar-refractivity contribution in [3.8, 4) is 5.75 Å². The molecule has 0 fully saturated rings. The number of hydrogen-bond acceptors (Lipinski definition) is 4. The molecular formula is C15H22O5. The zero-order chi connectivity index (χ0) is 15.2. The molecule has 0 saturated heterocycles. The number of carboxylic acids is 1. The van der Waals surface area contributed by atoms with Crippen molar-refractivity contribution in [3.05, 3.63) is 43.0 Å². The van der Waals surface area contributed by atoms with Crippen molar-refractivity contribution in [2.24, 2.45) is 0 Å². The number of aliphatic carboxylic acids is 1. The summed E-state index contributed by atoms with van der Waals surface area (Å²) in [6, 6.07) is 9.27. The Morgan fingerprint density at radius 2 is 1.85 bits per heavy atom. The minimum Gasteiger partial charge on any atom is -0.478 e. The van der Waals surface area contributed by atoms with Gasteiger partial charge < -0.3 is 20.1 Å². The Labute approximate surface area is 119 Å². The normalized spacial score (nSPS) is 10.9. The second-order valence-electron chi connectivity index (χ2n) is 4.00.